The summed E-state index contributed by atoms with van der Waals surface area (Å²) in [5.41, 5.74) is 0.897. The van der Waals surface area contributed by atoms with Crippen molar-refractivity contribution in [2.45, 2.75) is 25.5 Å². The van der Waals surface area contributed by atoms with Crippen molar-refractivity contribution in [3.8, 4) is 0 Å². The van der Waals surface area contributed by atoms with E-state index in [9.17, 15) is 14.7 Å². The molecule has 1 N–H and O–H groups in total. The molecule has 3 rings (SSSR count). The van der Waals surface area contributed by atoms with E-state index in [1.54, 1.807) is 0 Å². The Morgan fingerprint density at radius 1 is 1.20 bits per heavy atom. The second kappa shape index (κ2) is 5.15. The molecule has 20 heavy (non-hydrogen) atoms. The van der Waals surface area contributed by atoms with Crippen molar-refractivity contribution in [3.63, 3.8) is 0 Å². The summed E-state index contributed by atoms with van der Waals surface area (Å²) in [6, 6.07) is 8.65. The van der Waals surface area contributed by atoms with Gasteiger partial charge in [-0.25, -0.2) is 9.59 Å². The molecule has 0 spiro atoms. The number of fused-ring (bicyclic) bond motifs is 1. The number of aliphatic carboxylic acids is 1. The van der Waals surface area contributed by atoms with Crippen LogP contribution in [0, 0.1) is 11.8 Å². The van der Waals surface area contributed by atoms with E-state index in [4.69, 9.17) is 4.74 Å². The van der Waals surface area contributed by atoms with Gasteiger partial charge in [0.1, 0.15) is 12.6 Å². The monoisotopic (exact) mass is 275 g/mol. The lowest BCUT2D eigenvalue weighted by Crippen LogP contribution is -2.49. The molecule has 1 aliphatic carbocycles. The van der Waals surface area contributed by atoms with Crippen LogP contribution in [0.5, 0.6) is 0 Å². The molecule has 1 aromatic carbocycles. The number of nitrogens with zero attached hydrogens (tertiary/aromatic N) is 1. The summed E-state index contributed by atoms with van der Waals surface area (Å²) < 4.78 is 5.24. The standard InChI is InChI=1S/C15H17NO4/c17-14(18)13-7-11-6-12(11)8-16(13)15(19)20-9-10-4-2-1-3-5-10/h1-5,11-13H,6-9H2,(H,17,18)/t11-,12+,13+/m1/s1. The van der Waals surface area contributed by atoms with Crippen LogP contribution in [0.4, 0.5) is 4.79 Å². The number of hydrogen-bond donors (Lipinski definition) is 1. The Balaban J connectivity index is 1.61. The van der Waals surface area contributed by atoms with Crippen molar-refractivity contribution in [1.29, 1.82) is 0 Å². The maximum absolute atomic E-state index is 12.1. The highest BCUT2D eigenvalue weighted by Crippen LogP contribution is 2.47. The third-order valence-corrected chi connectivity index (χ3v) is 4.13. The van der Waals surface area contributed by atoms with Crippen LogP contribution in [0.25, 0.3) is 0 Å². The number of benzene rings is 1. The van der Waals surface area contributed by atoms with E-state index in [1.807, 2.05) is 30.3 Å². The molecule has 1 amide bonds. The van der Waals surface area contributed by atoms with Crippen molar-refractivity contribution < 1.29 is 19.4 Å². The highest BCUT2D eigenvalue weighted by molar-refractivity contribution is 5.80. The number of carboxylic acids is 1. The first-order chi connectivity index (χ1) is 9.65. The lowest BCUT2D eigenvalue weighted by molar-refractivity contribution is -0.144. The minimum atomic E-state index is -0.938. The molecular weight excluding hydrogens is 258 g/mol. The quantitative estimate of drug-likeness (QED) is 0.917. The second-order valence-corrected chi connectivity index (χ2v) is 5.54. The summed E-state index contributed by atoms with van der Waals surface area (Å²) in [5.74, 6) is 0.0103. The van der Waals surface area contributed by atoms with Gasteiger partial charge < -0.3 is 9.84 Å². The zero-order valence-corrected chi connectivity index (χ0v) is 11.1. The molecule has 0 aromatic heterocycles. The topological polar surface area (TPSA) is 66.8 Å². The Hall–Kier alpha value is -2.04. The fourth-order valence-corrected chi connectivity index (χ4v) is 2.85. The lowest BCUT2D eigenvalue weighted by Gasteiger charge is -2.31. The van der Waals surface area contributed by atoms with Crippen molar-refractivity contribution in [2.24, 2.45) is 11.8 Å². The fourth-order valence-electron chi connectivity index (χ4n) is 2.85. The number of hydrogen-bond acceptors (Lipinski definition) is 3. The number of likely N-dealkylation sites (tertiary alicyclic amines) is 1. The summed E-state index contributed by atoms with van der Waals surface area (Å²) in [4.78, 5) is 24.7. The minimum absolute atomic E-state index is 0.177. The van der Waals surface area contributed by atoms with Gasteiger partial charge in [0.25, 0.3) is 0 Å². The van der Waals surface area contributed by atoms with Gasteiger partial charge in [-0.15, -0.1) is 0 Å². The molecule has 1 saturated heterocycles. The van der Waals surface area contributed by atoms with Gasteiger partial charge in [0.05, 0.1) is 0 Å². The number of ether oxygens (including phenoxy) is 1. The van der Waals surface area contributed by atoms with Gasteiger partial charge >= 0.3 is 12.1 Å². The number of carbonyl (C=O) groups is 2. The molecule has 0 radical (unpaired) electrons. The molecule has 2 fully saturated rings. The first kappa shape index (κ1) is 13.0. The molecule has 3 atom stereocenters. The van der Waals surface area contributed by atoms with Gasteiger partial charge in [0, 0.05) is 6.54 Å². The van der Waals surface area contributed by atoms with E-state index in [-0.39, 0.29) is 6.61 Å². The second-order valence-electron chi connectivity index (χ2n) is 5.54. The van der Waals surface area contributed by atoms with Crippen LogP contribution in [0.3, 0.4) is 0 Å². The normalized spacial score (nSPS) is 27.6. The highest BCUT2D eigenvalue weighted by atomic mass is 16.6. The summed E-state index contributed by atoms with van der Waals surface area (Å²) in [6.07, 6.45) is 1.07. The van der Waals surface area contributed by atoms with E-state index in [2.05, 4.69) is 0 Å². The number of amides is 1. The molecule has 1 heterocycles. The Morgan fingerprint density at radius 2 is 1.95 bits per heavy atom. The predicted octanol–water partition coefficient (Wildman–Crippen LogP) is 2.12. The molecule has 5 nitrogen and oxygen atoms in total. The van der Waals surface area contributed by atoms with Crippen LogP contribution in [0.15, 0.2) is 30.3 Å². The molecule has 1 saturated carbocycles. The molecule has 2 aliphatic rings. The summed E-state index contributed by atoms with van der Waals surface area (Å²) in [6.45, 7) is 0.686. The average molecular weight is 275 g/mol. The van der Waals surface area contributed by atoms with Gasteiger partial charge in [0.15, 0.2) is 0 Å². The predicted molar refractivity (Wildman–Crippen MR) is 71.0 cm³/mol. The molecule has 1 aliphatic heterocycles. The summed E-state index contributed by atoms with van der Waals surface area (Å²) in [7, 11) is 0. The van der Waals surface area contributed by atoms with Gasteiger partial charge in [-0.1, -0.05) is 30.3 Å². The van der Waals surface area contributed by atoms with Gasteiger partial charge in [-0.3, -0.25) is 4.90 Å². The maximum Gasteiger partial charge on any atom is 0.410 e. The van der Waals surface area contributed by atoms with E-state index < -0.39 is 18.1 Å². The van der Waals surface area contributed by atoms with Gasteiger partial charge in [0.2, 0.25) is 0 Å². The van der Waals surface area contributed by atoms with Gasteiger partial charge in [-0.05, 0) is 30.2 Å². The van der Waals surface area contributed by atoms with E-state index in [1.165, 1.54) is 4.90 Å². The Morgan fingerprint density at radius 3 is 2.65 bits per heavy atom. The molecule has 0 bridgehead atoms. The molecule has 0 unspecified atom stereocenters. The van der Waals surface area contributed by atoms with Crippen LogP contribution < -0.4 is 0 Å². The minimum Gasteiger partial charge on any atom is -0.480 e. The Kier molecular flexibility index (Phi) is 3.34. The third kappa shape index (κ3) is 2.61. The van der Waals surface area contributed by atoms with E-state index in [0.29, 0.717) is 24.8 Å². The summed E-state index contributed by atoms with van der Waals surface area (Å²) in [5, 5.41) is 9.23. The van der Waals surface area contributed by atoms with Crippen LogP contribution in [-0.2, 0) is 16.1 Å². The zero-order valence-electron chi connectivity index (χ0n) is 11.1. The molecular formula is C15H17NO4. The molecule has 1 aromatic rings. The molecule has 5 heteroatoms. The largest absolute Gasteiger partial charge is 0.480 e. The Bertz CT molecular complexity index is 516. The van der Waals surface area contributed by atoms with Crippen molar-refractivity contribution in [1.82, 2.24) is 4.90 Å². The maximum atomic E-state index is 12.1. The first-order valence-corrected chi connectivity index (χ1v) is 6.85. The first-order valence-electron chi connectivity index (χ1n) is 6.85. The van der Waals surface area contributed by atoms with Crippen molar-refractivity contribution >= 4 is 12.1 Å². The SMILES string of the molecule is O=C(O)[C@@H]1C[C@H]2C[C@H]2CN1C(=O)OCc1ccccc1. The fraction of sp³-hybridized carbons (Fsp3) is 0.467. The number of carboxylic acid groups (broad SMARTS) is 1. The summed E-state index contributed by atoms with van der Waals surface area (Å²) >= 11 is 0. The van der Waals surface area contributed by atoms with Crippen LogP contribution in [0.2, 0.25) is 0 Å². The van der Waals surface area contributed by atoms with Crippen LogP contribution in [0.1, 0.15) is 18.4 Å². The zero-order chi connectivity index (χ0) is 14.1. The van der Waals surface area contributed by atoms with Crippen molar-refractivity contribution in [2.75, 3.05) is 6.54 Å². The van der Waals surface area contributed by atoms with Crippen molar-refractivity contribution in [3.05, 3.63) is 35.9 Å². The Labute approximate surface area is 117 Å². The third-order valence-electron chi connectivity index (χ3n) is 4.13. The van der Waals surface area contributed by atoms with E-state index >= 15 is 0 Å². The van der Waals surface area contributed by atoms with E-state index in [0.717, 1.165) is 12.0 Å². The number of piperidine rings is 1. The highest BCUT2D eigenvalue weighted by Gasteiger charge is 2.49. The number of carbonyl (C=O) groups excluding carboxylic acids is 1. The lowest BCUT2D eigenvalue weighted by atomic mass is 10.0. The van der Waals surface area contributed by atoms with Crippen LogP contribution >= 0.6 is 0 Å². The smallest absolute Gasteiger partial charge is 0.410 e. The number of rotatable bonds is 3. The average Bonchev–Trinajstić information content (AvgIpc) is 3.22. The van der Waals surface area contributed by atoms with Gasteiger partial charge in [-0.2, -0.15) is 0 Å². The van der Waals surface area contributed by atoms with Crippen LogP contribution in [-0.4, -0.2) is 34.7 Å². The molecule has 106 valence electrons.